The highest BCUT2D eigenvalue weighted by Gasteiger charge is 2.17. The van der Waals surface area contributed by atoms with Crippen LogP contribution < -0.4 is 14.2 Å². The first-order valence-corrected chi connectivity index (χ1v) is 6.25. The molecule has 0 radical (unpaired) electrons. The fourth-order valence-corrected chi connectivity index (χ4v) is 1.82. The number of hydrogen-bond acceptors (Lipinski definition) is 5. The van der Waals surface area contributed by atoms with Crippen molar-refractivity contribution < 1.29 is 24.1 Å². The van der Waals surface area contributed by atoms with Gasteiger partial charge in [-0.25, -0.2) is 4.79 Å². The van der Waals surface area contributed by atoms with Crippen LogP contribution in [-0.4, -0.2) is 41.7 Å². The largest absolute Gasteiger partial charge is 0.493 e. The molecule has 1 aromatic carbocycles. The third-order valence-electron chi connectivity index (χ3n) is 2.83. The van der Waals surface area contributed by atoms with Crippen molar-refractivity contribution in [3.8, 4) is 17.2 Å². The van der Waals surface area contributed by atoms with Crippen molar-refractivity contribution in [2.24, 2.45) is 0 Å². The zero-order valence-electron chi connectivity index (χ0n) is 11.8. The van der Waals surface area contributed by atoms with Gasteiger partial charge in [0.05, 0.1) is 26.3 Å². The van der Waals surface area contributed by atoms with Crippen LogP contribution in [0.25, 0.3) is 0 Å². The first kappa shape index (κ1) is 14.7. The molecule has 0 aliphatic heterocycles. The Bertz CT molecular complexity index is 585. The molecule has 0 fully saturated rings. The van der Waals surface area contributed by atoms with Crippen LogP contribution >= 0.6 is 0 Å². The number of hydrogen-bond donors (Lipinski definition) is 1. The number of benzene rings is 1. The third kappa shape index (κ3) is 3.44. The molecule has 1 aromatic heterocycles. The summed E-state index contributed by atoms with van der Waals surface area (Å²) in [6.45, 7) is 0.904. The Kier molecular flexibility index (Phi) is 4.65. The highest BCUT2D eigenvalue weighted by atomic mass is 16.5. The van der Waals surface area contributed by atoms with Crippen molar-refractivity contribution >= 4 is 5.97 Å². The van der Waals surface area contributed by atoms with Gasteiger partial charge < -0.3 is 19.3 Å². The summed E-state index contributed by atoms with van der Waals surface area (Å²) in [5, 5.41) is 13.1. The molecule has 0 atom stereocenters. The van der Waals surface area contributed by atoms with E-state index in [1.54, 1.807) is 10.9 Å². The Morgan fingerprint density at radius 1 is 1.29 bits per heavy atom. The molecule has 1 heterocycles. The Labute approximate surface area is 121 Å². The number of carboxylic acid groups (broad SMARTS) is 1. The zero-order chi connectivity index (χ0) is 15.2. The van der Waals surface area contributed by atoms with Crippen LogP contribution in [0.1, 0.15) is 10.4 Å². The van der Waals surface area contributed by atoms with Gasteiger partial charge in [-0.15, -0.1) is 0 Å². The second-order valence-electron chi connectivity index (χ2n) is 4.13. The van der Waals surface area contributed by atoms with E-state index in [1.807, 2.05) is 12.3 Å². The Morgan fingerprint density at radius 2 is 1.95 bits per heavy atom. The van der Waals surface area contributed by atoms with Gasteiger partial charge in [-0.3, -0.25) is 4.68 Å². The molecule has 0 amide bonds. The smallest absolute Gasteiger partial charge is 0.335 e. The molecule has 2 aromatic rings. The van der Waals surface area contributed by atoms with Crippen molar-refractivity contribution in [2.45, 2.75) is 6.54 Å². The minimum absolute atomic E-state index is 0.0723. The van der Waals surface area contributed by atoms with Crippen LogP contribution in [0.5, 0.6) is 17.2 Å². The van der Waals surface area contributed by atoms with Crippen molar-refractivity contribution in [2.75, 3.05) is 20.8 Å². The molecule has 0 aliphatic rings. The SMILES string of the molecule is COc1cc(C(=O)O)cc(OC)c1OCCn1cccn1. The summed E-state index contributed by atoms with van der Waals surface area (Å²) in [6.07, 6.45) is 3.51. The second kappa shape index (κ2) is 6.65. The molecule has 1 N–H and O–H groups in total. The minimum atomic E-state index is -1.06. The molecule has 2 rings (SSSR count). The number of rotatable bonds is 7. The molecule has 0 aliphatic carbocycles. The minimum Gasteiger partial charge on any atom is -0.493 e. The van der Waals surface area contributed by atoms with Crippen LogP contribution in [0.4, 0.5) is 0 Å². The van der Waals surface area contributed by atoms with Crippen molar-refractivity contribution in [1.29, 1.82) is 0 Å². The van der Waals surface area contributed by atoms with Crippen LogP contribution in [0.3, 0.4) is 0 Å². The Morgan fingerprint density at radius 3 is 2.43 bits per heavy atom. The lowest BCUT2D eigenvalue weighted by molar-refractivity contribution is 0.0696. The maximum absolute atomic E-state index is 11.1. The molecule has 0 bridgehead atoms. The number of carbonyl (C=O) groups is 1. The van der Waals surface area contributed by atoms with Crippen LogP contribution in [0.2, 0.25) is 0 Å². The number of aromatic nitrogens is 2. The van der Waals surface area contributed by atoms with E-state index >= 15 is 0 Å². The summed E-state index contributed by atoms with van der Waals surface area (Å²) in [5.41, 5.74) is 0.0723. The van der Waals surface area contributed by atoms with E-state index in [-0.39, 0.29) is 5.56 Å². The van der Waals surface area contributed by atoms with Gasteiger partial charge in [-0.2, -0.15) is 5.10 Å². The lowest BCUT2D eigenvalue weighted by atomic mass is 10.2. The Balaban J connectivity index is 2.18. The molecule has 7 heteroatoms. The topological polar surface area (TPSA) is 82.8 Å². The highest BCUT2D eigenvalue weighted by molar-refractivity contribution is 5.89. The lowest BCUT2D eigenvalue weighted by Gasteiger charge is -2.15. The summed E-state index contributed by atoms with van der Waals surface area (Å²) in [5.74, 6) is -0.0636. The Hall–Kier alpha value is -2.70. The molecule has 0 saturated carbocycles. The van der Waals surface area contributed by atoms with Gasteiger partial charge in [0.15, 0.2) is 11.5 Å². The maximum Gasteiger partial charge on any atom is 0.335 e. The lowest BCUT2D eigenvalue weighted by Crippen LogP contribution is -2.10. The molecule has 21 heavy (non-hydrogen) atoms. The fourth-order valence-electron chi connectivity index (χ4n) is 1.82. The van der Waals surface area contributed by atoms with E-state index in [0.717, 1.165) is 0 Å². The average Bonchev–Trinajstić information content (AvgIpc) is 3.00. The van der Waals surface area contributed by atoms with Gasteiger partial charge in [-0.1, -0.05) is 0 Å². The standard InChI is InChI=1S/C14H16N2O5/c1-19-11-8-10(14(17)18)9-12(20-2)13(11)21-7-6-16-5-3-4-15-16/h3-5,8-9H,6-7H2,1-2H3,(H,17,18). The monoisotopic (exact) mass is 292 g/mol. The van der Waals surface area contributed by atoms with E-state index in [2.05, 4.69) is 5.10 Å². The van der Waals surface area contributed by atoms with E-state index in [9.17, 15) is 4.79 Å². The molecule has 0 unspecified atom stereocenters. The average molecular weight is 292 g/mol. The third-order valence-corrected chi connectivity index (χ3v) is 2.83. The van der Waals surface area contributed by atoms with Gasteiger partial charge in [0.25, 0.3) is 0 Å². The molecular weight excluding hydrogens is 276 g/mol. The number of ether oxygens (including phenoxy) is 3. The quantitative estimate of drug-likeness (QED) is 0.836. The second-order valence-corrected chi connectivity index (χ2v) is 4.13. The van der Waals surface area contributed by atoms with Crippen LogP contribution in [-0.2, 0) is 6.54 Å². The summed E-state index contributed by atoms with van der Waals surface area (Å²) in [7, 11) is 2.89. The molecule has 112 valence electrons. The van der Waals surface area contributed by atoms with Crippen LogP contribution in [0.15, 0.2) is 30.6 Å². The molecule has 0 spiro atoms. The predicted molar refractivity (Wildman–Crippen MR) is 74.2 cm³/mol. The number of methoxy groups -OCH3 is 2. The van der Waals surface area contributed by atoms with Gasteiger partial charge in [0.1, 0.15) is 6.61 Å². The number of nitrogens with zero attached hydrogens (tertiary/aromatic N) is 2. The van der Waals surface area contributed by atoms with E-state index in [4.69, 9.17) is 19.3 Å². The zero-order valence-corrected chi connectivity index (χ0v) is 11.8. The predicted octanol–water partition coefficient (Wildman–Crippen LogP) is 1.68. The van der Waals surface area contributed by atoms with Crippen LogP contribution in [0, 0.1) is 0 Å². The fraction of sp³-hybridized carbons (Fsp3) is 0.286. The first-order chi connectivity index (χ1) is 10.2. The number of carboxylic acids is 1. The van der Waals surface area contributed by atoms with Gasteiger partial charge in [-0.05, 0) is 18.2 Å². The maximum atomic E-state index is 11.1. The normalized spacial score (nSPS) is 10.2. The molecular formula is C14H16N2O5. The van der Waals surface area contributed by atoms with Gasteiger partial charge in [0.2, 0.25) is 5.75 Å². The molecule has 7 nitrogen and oxygen atoms in total. The number of aromatic carboxylic acids is 1. The summed E-state index contributed by atoms with van der Waals surface area (Å²) >= 11 is 0. The van der Waals surface area contributed by atoms with E-state index in [0.29, 0.717) is 30.4 Å². The van der Waals surface area contributed by atoms with Gasteiger partial charge >= 0.3 is 5.97 Å². The van der Waals surface area contributed by atoms with E-state index in [1.165, 1.54) is 26.4 Å². The first-order valence-electron chi connectivity index (χ1n) is 6.25. The summed E-state index contributed by atoms with van der Waals surface area (Å²) in [4.78, 5) is 11.1. The van der Waals surface area contributed by atoms with Crippen molar-refractivity contribution in [1.82, 2.24) is 9.78 Å². The van der Waals surface area contributed by atoms with E-state index < -0.39 is 5.97 Å². The summed E-state index contributed by atoms with van der Waals surface area (Å²) < 4.78 is 17.7. The highest BCUT2D eigenvalue weighted by Crippen LogP contribution is 2.38. The van der Waals surface area contributed by atoms with Crippen molar-refractivity contribution in [3.63, 3.8) is 0 Å². The van der Waals surface area contributed by atoms with Crippen molar-refractivity contribution in [3.05, 3.63) is 36.2 Å². The summed E-state index contributed by atoms with van der Waals surface area (Å²) in [6, 6.07) is 4.62. The van der Waals surface area contributed by atoms with Gasteiger partial charge in [0, 0.05) is 12.4 Å². The molecule has 0 saturated heterocycles.